The van der Waals surface area contributed by atoms with E-state index in [9.17, 15) is 14.4 Å². The Labute approximate surface area is 169 Å². The Morgan fingerprint density at radius 1 is 0.966 bits per heavy atom. The van der Waals surface area contributed by atoms with Crippen LogP contribution in [0.5, 0.6) is 0 Å². The summed E-state index contributed by atoms with van der Waals surface area (Å²) in [6, 6.07) is 18.9. The molecule has 2 atom stereocenters. The summed E-state index contributed by atoms with van der Waals surface area (Å²) in [5, 5.41) is 5.81. The van der Waals surface area contributed by atoms with Crippen LogP contribution in [0.2, 0.25) is 0 Å². The molecule has 2 saturated heterocycles. The molecule has 7 heteroatoms. The first-order valence-corrected chi connectivity index (χ1v) is 9.83. The summed E-state index contributed by atoms with van der Waals surface area (Å²) >= 11 is 0. The van der Waals surface area contributed by atoms with E-state index in [0.717, 1.165) is 17.5 Å². The highest BCUT2D eigenvalue weighted by molar-refractivity contribution is 5.89. The first kappa shape index (κ1) is 19.0. The number of carbonyl (C=O) groups excluding carboxylic acids is 3. The van der Waals surface area contributed by atoms with Crippen molar-refractivity contribution in [2.24, 2.45) is 0 Å². The highest BCUT2D eigenvalue weighted by atomic mass is 16.2. The molecular formula is C22H24N4O3. The van der Waals surface area contributed by atoms with Gasteiger partial charge >= 0.3 is 6.03 Å². The number of nitrogens with one attached hydrogen (secondary N) is 2. The van der Waals surface area contributed by atoms with Gasteiger partial charge < -0.3 is 20.4 Å². The van der Waals surface area contributed by atoms with Crippen molar-refractivity contribution < 1.29 is 14.4 Å². The third kappa shape index (κ3) is 4.23. The molecule has 29 heavy (non-hydrogen) atoms. The summed E-state index contributed by atoms with van der Waals surface area (Å²) in [4.78, 5) is 40.6. The van der Waals surface area contributed by atoms with Crippen molar-refractivity contribution in [3.8, 4) is 0 Å². The third-order valence-electron chi connectivity index (χ3n) is 5.49. The summed E-state index contributed by atoms with van der Waals surface area (Å²) in [5.41, 5.74) is 2.02. The van der Waals surface area contributed by atoms with Gasteiger partial charge in [0, 0.05) is 13.1 Å². The van der Waals surface area contributed by atoms with Gasteiger partial charge in [0.05, 0.1) is 12.1 Å². The number of amides is 4. The topological polar surface area (TPSA) is 81.8 Å². The van der Waals surface area contributed by atoms with E-state index in [4.69, 9.17) is 0 Å². The van der Waals surface area contributed by atoms with Gasteiger partial charge in [0.25, 0.3) is 0 Å². The Kier molecular flexibility index (Phi) is 5.46. The molecule has 0 bridgehead atoms. The van der Waals surface area contributed by atoms with Gasteiger partial charge in [0.15, 0.2) is 0 Å². The van der Waals surface area contributed by atoms with E-state index >= 15 is 0 Å². The molecule has 2 fully saturated rings. The van der Waals surface area contributed by atoms with E-state index in [-0.39, 0.29) is 43.0 Å². The fraction of sp³-hybridized carbons (Fsp3) is 0.318. The van der Waals surface area contributed by atoms with Crippen molar-refractivity contribution in [1.29, 1.82) is 0 Å². The molecule has 4 rings (SSSR count). The zero-order chi connectivity index (χ0) is 20.2. The smallest absolute Gasteiger partial charge is 0.318 e. The van der Waals surface area contributed by atoms with Gasteiger partial charge in [-0.15, -0.1) is 0 Å². The van der Waals surface area contributed by atoms with E-state index in [2.05, 4.69) is 10.6 Å². The van der Waals surface area contributed by atoms with Crippen molar-refractivity contribution in [3.05, 3.63) is 71.8 Å². The number of hydrogen-bond acceptors (Lipinski definition) is 3. The van der Waals surface area contributed by atoms with Crippen molar-refractivity contribution in [2.75, 3.05) is 26.2 Å². The van der Waals surface area contributed by atoms with Gasteiger partial charge in [-0.05, 0) is 17.5 Å². The minimum Gasteiger partial charge on any atom is -0.352 e. The Hall–Kier alpha value is -3.35. The van der Waals surface area contributed by atoms with E-state index < -0.39 is 0 Å². The standard InChI is InChI=1S/C22H24N4O3/c27-20-14-26(19(13-23-20)17-9-5-2-6-10-17)21(28)15-25-12-11-18(24-22(25)29)16-7-3-1-4-8-16/h1-10,18-19H,11-15H2,(H,23,27)(H,24,29). The van der Waals surface area contributed by atoms with Gasteiger partial charge in [-0.1, -0.05) is 60.7 Å². The number of piperazine rings is 1. The molecule has 7 nitrogen and oxygen atoms in total. The summed E-state index contributed by atoms with van der Waals surface area (Å²) in [7, 11) is 0. The largest absolute Gasteiger partial charge is 0.352 e. The zero-order valence-electron chi connectivity index (χ0n) is 16.1. The Morgan fingerprint density at radius 2 is 1.62 bits per heavy atom. The molecule has 0 saturated carbocycles. The zero-order valence-corrected chi connectivity index (χ0v) is 16.1. The molecule has 2 aliphatic heterocycles. The summed E-state index contributed by atoms with van der Waals surface area (Å²) in [5.74, 6) is -0.403. The lowest BCUT2D eigenvalue weighted by Gasteiger charge is -2.38. The maximum absolute atomic E-state index is 13.0. The van der Waals surface area contributed by atoms with Crippen molar-refractivity contribution in [1.82, 2.24) is 20.4 Å². The molecule has 2 aliphatic rings. The molecular weight excluding hydrogens is 368 g/mol. The van der Waals surface area contributed by atoms with Crippen molar-refractivity contribution in [2.45, 2.75) is 18.5 Å². The highest BCUT2D eigenvalue weighted by Crippen LogP contribution is 2.24. The van der Waals surface area contributed by atoms with Crippen LogP contribution in [0, 0.1) is 0 Å². The lowest BCUT2D eigenvalue weighted by Crippen LogP contribution is -2.56. The monoisotopic (exact) mass is 392 g/mol. The normalized spacial score (nSPS) is 22.1. The van der Waals surface area contributed by atoms with Crippen LogP contribution in [0.25, 0.3) is 0 Å². The SMILES string of the molecule is O=C1CN(C(=O)CN2CCC(c3ccccc3)NC2=O)C(c2ccccc2)CN1. The van der Waals surface area contributed by atoms with Crippen LogP contribution in [0.4, 0.5) is 4.79 Å². The number of carbonyl (C=O) groups is 3. The van der Waals surface area contributed by atoms with Crippen molar-refractivity contribution >= 4 is 17.8 Å². The molecule has 0 aromatic heterocycles. The van der Waals surface area contributed by atoms with Gasteiger partial charge in [-0.3, -0.25) is 9.59 Å². The summed E-state index contributed by atoms with van der Waals surface area (Å²) in [6.45, 7) is 0.828. The average molecular weight is 392 g/mol. The maximum atomic E-state index is 13.0. The van der Waals surface area contributed by atoms with Crippen LogP contribution < -0.4 is 10.6 Å². The molecule has 150 valence electrons. The van der Waals surface area contributed by atoms with Crippen LogP contribution in [0.1, 0.15) is 29.6 Å². The molecule has 4 amide bonds. The van der Waals surface area contributed by atoms with Gasteiger partial charge in [-0.2, -0.15) is 0 Å². The van der Waals surface area contributed by atoms with Gasteiger partial charge in [-0.25, -0.2) is 4.79 Å². The maximum Gasteiger partial charge on any atom is 0.318 e. The Morgan fingerprint density at radius 3 is 2.28 bits per heavy atom. The number of rotatable bonds is 4. The van der Waals surface area contributed by atoms with Gasteiger partial charge in [0.2, 0.25) is 11.8 Å². The molecule has 0 aliphatic carbocycles. The second kappa shape index (κ2) is 8.34. The predicted molar refractivity (Wildman–Crippen MR) is 108 cm³/mol. The van der Waals surface area contributed by atoms with Crippen LogP contribution in [0.15, 0.2) is 60.7 Å². The molecule has 2 N–H and O–H groups in total. The number of nitrogens with zero attached hydrogens (tertiary/aromatic N) is 2. The van der Waals surface area contributed by atoms with Gasteiger partial charge in [0.1, 0.15) is 13.1 Å². The first-order valence-electron chi connectivity index (χ1n) is 9.83. The fourth-order valence-electron chi connectivity index (χ4n) is 3.92. The lowest BCUT2D eigenvalue weighted by molar-refractivity contribution is -0.142. The lowest BCUT2D eigenvalue weighted by atomic mass is 10.0. The molecule has 2 aromatic rings. The number of hydrogen-bond donors (Lipinski definition) is 2. The summed E-state index contributed by atoms with van der Waals surface area (Å²) in [6.07, 6.45) is 0.728. The van der Waals surface area contributed by atoms with Crippen LogP contribution >= 0.6 is 0 Å². The first-order chi connectivity index (χ1) is 14.1. The average Bonchev–Trinajstić information content (AvgIpc) is 2.76. The third-order valence-corrected chi connectivity index (χ3v) is 5.49. The Balaban J connectivity index is 1.42. The molecule has 2 aromatic carbocycles. The minimum absolute atomic E-state index is 0.000490. The summed E-state index contributed by atoms with van der Waals surface area (Å²) < 4.78 is 0. The number of urea groups is 1. The van der Waals surface area contributed by atoms with E-state index in [0.29, 0.717) is 13.1 Å². The minimum atomic E-state index is -0.254. The van der Waals surface area contributed by atoms with Crippen molar-refractivity contribution in [3.63, 3.8) is 0 Å². The van der Waals surface area contributed by atoms with Crippen LogP contribution in [0.3, 0.4) is 0 Å². The molecule has 2 unspecified atom stereocenters. The molecule has 2 heterocycles. The molecule has 0 radical (unpaired) electrons. The highest BCUT2D eigenvalue weighted by Gasteiger charge is 2.34. The van der Waals surface area contributed by atoms with E-state index in [1.807, 2.05) is 60.7 Å². The fourth-order valence-corrected chi connectivity index (χ4v) is 3.92. The number of benzene rings is 2. The Bertz CT molecular complexity index is 887. The second-order valence-corrected chi connectivity index (χ2v) is 7.38. The quantitative estimate of drug-likeness (QED) is 0.833. The van der Waals surface area contributed by atoms with E-state index in [1.165, 1.54) is 4.90 Å². The van der Waals surface area contributed by atoms with Crippen LogP contribution in [-0.2, 0) is 9.59 Å². The second-order valence-electron chi connectivity index (χ2n) is 7.38. The van der Waals surface area contributed by atoms with E-state index in [1.54, 1.807) is 4.90 Å². The molecule has 0 spiro atoms. The van der Waals surface area contributed by atoms with Crippen LogP contribution in [-0.4, -0.2) is 53.8 Å². The predicted octanol–water partition coefficient (Wildman–Crippen LogP) is 1.84.